The molecule has 10 heavy (non-hydrogen) atoms. The number of ether oxygens (including phenoxy) is 1. The highest BCUT2D eigenvalue weighted by Crippen LogP contribution is 2.03. The predicted octanol–water partition coefficient (Wildman–Crippen LogP) is 2.40. The van der Waals surface area contributed by atoms with Crippen LogP contribution in [0, 0.1) is 0 Å². The summed E-state index contributed by atoms with van der Waals surface area (Å²) in [5.74, 6) is 0.221. The summed E-state index contributed by atoms with van der Waals surface area (Å²) in [7, 11) is 0. The van der Waals surface area contributed by atoms with E-state index in [1.807, 2.05) is 22.6 Å². The lowest BCUT2D eigenvalue weighted by atomic mass is 10.4. The molecule has 0 saturated carbocycles. The standard InChI is InChI=1S/C7H9IO2/c1-5(2)7(9)10-6(3)4-8/h4H,1H2,2-3H3. The number of hydrogen-bond acceptors (Lipinski definition) is 2. The van der Waals surface area contributed by atoms with E-state index in [1.165, 1.54) is 0 Å². The van der Waals surface area contributed by atoms with Crippen LogP contribution in [0.25, 0.3) is 0 Å². The van der Waals surface area contributed by atoms with Crippen LogP contribution in [0.5, 0.6) is 0 Å². The average Bonchev–Trinajstić information content (AvgIpc) is 1.87. The summed E-state index contributed by atoms with van der Waals surface area (Å²) in [6, 6.07) is 0. The summed E-state index contributed by atoms with van der Waals surface area (Å²) in [6.45, 7) is 6.77. The van der Waals surface area contributed by atoms with E-state index < -0.39 is 0 Å². The van der Waals surface area contributed by atoms with Crippen LogP contribution in [0.4, 0.5) is 0 Å². The SMILES string of the molecule is C=C(C)C(=O)OC(C)=CI. The molecule has 0 radical (unpaired) electrons. The van der Waals surface area contributed by atoms with Crippen molar-refractivity contribution >= 4 is 28.6 Å². The summed E-state index contributed by atoms with van der Waals surface area (Å²) < 4.78 is 6.47. The van der Waals surface area contributed by atoms with Crippen LogP contribution in [0.15, 0.2) is 22.0 Å². The van der Waals surface area contributed by atoms with Crippen LogP contribution >= 0.6 is 22.6 Å². The molecule has 0 bridgehead atoms. The second kappa shape index (κ2) is 4.49. The van der Waals surface area contributed by atoms with Gasteiger partial charge in [-0.3, -0.25) is 0 Å². The van der Waals surface area contributed by atoms with E-state index in [-0.39, 0.29) is 5.97 Å². The van der Waals surface area contributed by atoms with Gasteiger partial charge in [-0.05, 0) is 36.4 Å². The maximum atomic E-state index is 10.7. The molecule has 2 nitrogen and oxygen atoms in total. The fraction of sp³-hybridized carbons (Fsp3) is 0.286. The summed E-state index contributed by atoms with van der Waals surface area (Å²) >= 11 is 2.00. The Labute approximate surface area is 74.1 Å². The number of allylic oxidation sites excluding steroid dienone is 1. The van der Waals surface area contributed by atoms with Crippen molar-refractivity contribution in [3.05, 3.63) is 22.0 Å². The Bertz CT molecular complexity index is 182. The maximum Gasteiger partial charge on any atom is 0.338 e. The second-order valence-electron chi connectivity index (χ2n) is 1.89. The number of carbonyl (C=O) groups is 1. The molecule has 0 aliphatic rings. The molecule has 0 N–H and O–H groups in total. The molecular weight excluding hydrogens is 243 g/mol. The van der Waals surface area contributed by atoms with E-state index in [9.17, 15) is 4.79 Å². The minimum absolute atomic E-state index is 0.370. The number of rotatable bonds is 2. The van der Waals surface area contributed by atoms with Crippen LogP contribution < -0.4 is 0 Å². The second-order valence-corrected chi connectivity index (χ2v) is 2.51. The zero-order valence-corrected chi connectivity index (χ0v) is 8.14. The molecule has 0 amide bonds. The average molecular weight is 252 g/mol. The molecule has 0 aliphatic heterocycles. The van der Waals surface area contributed by atoms with Crippen molar-refractivity contribution in [2.24, 2.45) is 0 Å². The lowest BCUT2D eigenvalue weighted by Crippen LogP contribution is -2.02. The van der Waals surface area contributed by atoms with E-state index >= 15 is 0 Å². The van der Waals surface area contributed by atoms with E-state index in [1.54, 1.807) is 17.9 Å². The molecule has 0 unspecified atom stereocenters. The minimum atomic E-state index is -0.370. The Hall–Kier alpha value is -0.320. The van der Waals surface area contributed by atoms with Crippen molar-refractivity contribution < 1.29 is 9.53 Å². The molecule has 0 aliphatic carbocycles. The normalized spacial score (nSPS) is 10.9. The molecule has 0 fully saturated rings. The molecule has 0 atom stereocenters. The summed E-state index contributed by atoms with van der Waals surface area (Å²) in [4.78, 5) is 10.7. The Morgan fingerprint density at radius 1 is 1.60 bits per heavy atom. The summed E-state index contributed by atoms with van der Waals surface area (Å²) in [5, 5.41) is 0. The highest BCUT2D eigenvalue weighted by Gasteiger charge is 2.02. The number of esters is 1. The Morgan fingerprint density at radius 3 is 2.40 bits per heavy atom. The van der Waals surface area contributed by atoms with E-state index in [4.69, 9.17) is 4.74 Å². The third kappa shape index (κ3) is 3.66. The fourth-order valence-corrected chi connectivity index (χ4v) is 0.383. The molecule has 0 aromatic heterocycles. The number of carbonyl (C=O) groups excluding carboxylic acids is 1. The lowest BCUT2D eigenvalue weighted by molar-refractivity contribution is -0.134. The topological polar surface area (TPSA) is 26.3 Å². The summed E-state index contributed by atoms with van der Waals surface area (Å²) in [6.07, 6.45) is 0. The van der Waals surface area contributed by atoms with Gasteiger partial charge in [-0.1, -0.05) is 6.58 Å². The zero-order valence-electron chi connectivity index (χ0n) is 5.98. The monoisotopic (exact) mass is 252 g/mol. The highest BCUT2D eigenvalue weighted by atomic mass is 127. The molecule has 3 heteroatoms. The van der Waals surface area contributed by atoms with Gasteiger partial charge in [-0.15, -0.1) is 0 Å². The van der Waals surface area contributed by atoms with Gasteiger partial charge >= 0.3 is 5.97 Å². The molecule has 0 aromatic rings. The minimum Gasteiger partial charge on any atom is -0.428 e. The lowest BCUT2D eigenvalue weighted by Gasteiger charge is -2.00. The van der Waals surface area contributed by atoms with Crippen LogP contribution in [0.3, 0.4) is 0 Å². The third-order valence-corrected chi connectivity index (χ3v) is 1.63. The quantitative estimate of drug-likeness (QED) is 0.326. The van der Waals surface area contributed by atoms with Gasteiger partial charge < -0.3 is 4.74 Å². The molecule has 56 valence electrons. The highest BCUT2D eigenvalue weighted by molar-refractivity contribution is 14.1. The van der Waals surface area contributed by atoms with Gasteiger partial charge in [0.25, 0.3) is 0 Å². The first kappa shape index (κ1) is 9.68. The van der Waals surface area contributed by atoms with Gasteiger partial charge in [0.2, 0.25) is 0 Å². The van der Waals surface area contributed by atoms with Crippen LogP contribution in [0.2, 0.25) is 0 Å². The first-order valence-corrected chi connectivity index (χ1v) is 3.97. The number of hydrogen-bond donors (Lipinski definition) is 0. The van der Waals surface area contributed by atoms with Crippen molar-refractivity contribution in [3.63, 3.8) is 0 Å². The van der Waals surface area contributed by atoms with Gasteiger partial charge in [0.15, 0.2) is 0 Å². The van der Waals surface area contributed by atoms with E-state index in [2.05, 4.69) is 6.58 Å². The van der Waals surface area contributed by atoms with E-state index in [0.29, 0.717) is 11.3 Å². The molecule has 0 spiro atoms. The van der Waals surface area contributed by atoms with Gasteiger partial charge in [0.05, 0.1) is 0 Å². The molecular formula is C7H9IO2. The van der Waals surface area contributed by atoms with Gasteiger partial charge in [0.1, 0.15) is 5.76 Å². The van der Waals surface area contributed by atoms with Crippen LogP contribution in [0.1, 0.15) is 13.8 Å². The first-order chi connectivity index (χ1) is 4.57. The van der Waals surface area contributed by atoms with Crippen LogP contribution in [-0.2, 0) is 9.53 Å². The third-order valence-electron chi connectivity index (χ3n) is 0.756. The Morgan fingerprint density at radius 2 is 2.10 bits per heavy atom. The Kier molecular flexibility index (Phi) is 4.34. The fourth-order valence-electron chi connectivity index (χ4n) is 0.256. The molecule has 0 heterocycles. The van der Waals surface area contributed by atoms with E-state index in [0.717, 1.165) is 0 Å². The summed E-state index contributed by atoms with van der Waals surface area (Å²) in [5.41, 5.74) is 0.414. The van der Waals surface area contributed by atoms with Crippen molar-refractivity contribution in [3.8, 4) is 0 Å². The van der Waals surface area contributed by atoms with Gasteiger partial charge in [0, 0.05) is 9.66 Å². The molecule has 0 rings (SSSR count). The van der Waals surface area contributed by atoms with Crippen molar-refractivity contribution in [2.75, 3.05) is 0 Å². The first-order valence-electron chi connectivity index (χ1n) is 2.72. The predicted molar refractivity (Wildman–Crippen MR) is 48.7 cm³/mol. The molecule has 0 saturated heterocycles. The van der Waals surface area contributed by atoms with Crippen molar-refractivity contribution in [1.82, 2.24) is 0 Å². The number of halogens is 1. The maximum absolute atomic E-state index is 10.7. The molecule has 0 aromatic carbocycles. The zero-order chi connectivity index (χ0) is 8.15. The largest absolute Gasteiger partial charge is 0.428 e. The smallest absolute Gasteiger partial charge is 0.338 e. The van der Waals surface area contributed by atoms with Gasteiger partial charge in [-0.2, -0.15) is 0 Å². The van der Waals surface area contributed by atoms with Crippen molar-refractivity contribution in [2.45, 2.75) is 13.8 Å². The Balaban J connectivity index is 3.93. The van der Waals surface area contributed by atoms with Crippen LogP contribution in [-0.4, -0.2) is 5.97 Å². The van der Waals surface area contributed by atoms with Crippen molar-refractivity contribution in [1.29, 1.82) is 0 Å². The van der Waals surface area contributed by atoms with Gasteiger partial charge in [-0.25, -0.2) is 4.79 Å².